The first-order chi connectivity index (χ1) is 7.88. The van der Waals surface area contributed by atoms with Crippen LogP contribution in [0.4, 0.5) is 10.9 Å². The minimum Gasteiger partial charge on any atom is -0.381 e. The highest BCUT2D eigenvalue weighted by Gasteiger charge is 2.21. The van der Waals surface area contributed by atoms with Crippen LogP contribution < -0.4 is 10.5 Å². The second kappa shape index (κ2) is 4.00. The Kier molecular flexibility index (Phi) is 2.79. The SMILES string of the molecule is Cc1cnc(NS(=O)(=O)c2cn(C)nc2N)s1. The van der Waals surface area contributed by atoms with E-state index < -0.39 is 10.0 Å². The van der Waals surface area contributed by atoms with Crippen molar-refractivity contribution in [2.24, 2.45) is 7.05 Å². The van der Waals surface area contributed by atoms with Crippen LogP contribution in [0.3, 0.4) is 0 Å². The molecule has 0 fully saturated rings. The summed E-state index contributed by atoms with van der Waals surface area (Å²) in [6.07, 6.45) is 2.94. The first-order valence-electron chi connectivity index (χ1n) is 4.63. The van der Waals surface area contributed by atoms with Crippen LogP contribution in [0.15, 0.2) is 17.3 Å². The normalized spacial score (nSPS) is 11.6. The molecule has 0 radical (unpaired) electrons. The van der Waals surface area contributed by atoms with Gasteiger partial charge in [0.15, 0.2) is 10.9 Å². The predicted octanol–water partition coefficient (Wildman–Crippen LogP) is 0.568. The monoisotopic (exact) mass is 273 g/mol. The molecule has 92 valence electrons. The summed E-state index contributed by atoms with van der Waals surface area (Å²) in [5.74, 6) is -0.0340. The first kappa shape index (κ1) is 11.9. The van der Waals surface area contributed by atoms with Gasteiger partial charge in [0.05, 0.1) is 0 Å². The summed E-state index contributed by atoms with van der Waals surface area (Å²) < 4.78 is 27.6. The summed E-state index contributed by atoms with van der Waals surface area (Å²) in [5, 5.41) is 4.09. The smallest absolute Gasteiger partial charge is 0.268 e. The lowest BCUT2D eigenvalue weighted by atomic mass is 10.7. The number of nitrogens with two attached hydrogens (primary N) is 1. The molecule has 3 N–H and O–H groups in total. The highest BCUT2D eigenvalue weighted by atomic mass is 32.2. The molecule has 0 aliphatic carbocycles. The molecule has 2 aromatic heterocycles. The quantitative estimate of drug-likeness (QED) is 0.851. The number of sulfonamides is 1. The minimum absolute atomic E-state index is 0.0340. The van der Waals surface area contributed by atoms with Crippen molar-refractivity contribution in [1.82, 2.24) is 14.8 Å². The Hall–Kier alpha value is -1.61. The minimum atomic E-state index is -3.72. The van der Waals surface area contributed by atoms with E-state index >= 15 is 0 Å². The molecule has 0 spiro atoms. The molecule has 2 aromatic rings. The van der Waals surface area contributed by atoms with Gasteiger partial charge in [-0.3, -0.25) is 9.40 Å². The molecule has 7 nitrogen and oxygen atoms in total. The van der Waals surface area contributed by atoms with Gasteiger partial charge in [0.1, 0.15) is 4.90 Å². The highest BCUT2D eigenvalue weighted by molar-refractivity contribution is 7.93. The van der Waals surface area contributed by atoms with Gasteiger partial charge in [0.2, 0.25) is 0 Å². The van der Waals surface area contributed by atoms with E-state index in [1.165, 1.54) is 22.2 Å². The largest absolute Gasteiger partial charge is 0.381 e. The number of aryl methyl sites for hydroxylation is 2. The third-order valence-electron chi connectivity index (χ3n) is 1.95. The maximum Gasteiger partial charge on any atom is 0.268 e. The zero-order valence-corrected chi connectivity index (χ0v) is 10.8. The number of nitrogens with one attached hydrogen (secondary N) is 1. The summed E-state index contributed by atoms with van der Waals surface area (Å²) >= 11 is 1.25. The van der Waals surface area contributed by atoms with E-state index in [1.54, 1.807) is 13.2 Å². The summed E-state index contributed by atoms with van der Waals surface area (Å²) in [4.78, 5) is 4.79. The number of nitrogen functional groups attached to an aromatic ring is 1. The molecule has 0 amide bonds. The Labute approximate surface area is 102 Å². The lowest BCUT2D eigenvalue weighted by Crippen LogP contribution is -2.13. The highest BCUT2D eigenvalue weighted by Crippen LogP contribution is 2.23. The second-order valence-corrected chi connectivity index (χ2v) is 6.32. The molecule has 0 aliphatic heterocycles. The topological polar surface area (TPSA) is 103 Å². The van der Waals surface area contributed by atoms with Crippen molar-refractivity contribution in [3.63, 3.8) is 0 Å². The molecule has 2 rings (SSSR count). The van der Waals surface area contributed by atoms with Gasteiger partial charge in [-0.2, -0.15) is 5.10 Å². The van der Waals surface area contributed by atoms with Gasteiger partial charge in [-0.25, -0.2) is 13.4 Å². The molecule has 0 aliphatic rings. The number of thiazole rings is 1. The Morgan fingerprint density at radius 1 is 1.53 bits per heavy atom. The van der Waals surface area contributed by atoms with Gasteiger partial charge in [0, 0.05) is 24.3 Å². The summed E-state index contributed by atoms with van der Waals surface area (Å²) in [6.45, 7) is 1.84. The third kappa shape index (κ3) is 2.39. The lowest BCUT2D eigenvalue weighted by molar-refractivity contribution is 0.601. The van der Waals surface area contributed by atoms with E-state index in [0.717, 1.165) is 4.88 Å². The summed E-state index contributed by atoms with van der Waals surface area (Å²) in [6, 6.07) is 0. The van der Waals surface area contributed by atoms with Gasteiger partial charge < -0.3 is 5.73 Å². The predicted molar refractivity (Wildman–Crippen MR) is 65.3 cm³/mol. The van der Waals surface area contributed by atoms with E-state index in [4.69, 9.17) is 5.73 Å². The molecule has 0 unspecified atom stereocenters. The number of anilines is 2. The van der Waals surface area contributed by atoms with Gasteiger partial charge in [0.25, 0.3) is 10.0 Å². The average Bonchev–Trinajstić information content (AvgIpc) is 2.72. The molecule has 2 heterocycles. The zero-order valence-electron chi connectivity index (χ0n) is 9.21. The summed E-state index contributed by atoms with van der Waals surface area (Å²) in [5.41, 5.74) is 5.52. The summed E-state index contributed by atoms with van der Waals surface area (Å²) in [7, 11) is -2.12. The van der Waals surface area contributed by atoms with Crippen LogP contribution in [-0.2, 0) is 17.1 Å². The number of hydrogen-bond donors (Lipinski definition) is 2. The number of aromatic nitrogens is 3. The van der Waals surface area contributed by atoms with Crippen LogP contribution in [0.1, 0.15) is 4.88 Å². The second-order valence-electron chi connectivity index (χ2n) is 3.43. The number of rotatable bonds is 3. The van der Waals surface area contributed by atoms with Gasteiger partial charge in [-0.1, -0.05) is 0 Å². The van der Waals surface area contributed by atoms with Crippen molar-refractivity contribution < 1.29 is 8.42 Å². The Balaban J connectivity index is 2.34. The van der Waals surface area contributed by atoms with Gasteiger partial charge >= 0.3 is 0 Å². The Bertz CT molecular complexity index is 643. The zero-order chi connectivity index (χ0) is 12.6. The van der Waals surface area contributed by atoms with Crippen molar-refractivity contribution in [3.05, 3.63) is 17.3 Å². The molecule has 0 saturated carbocycles. The fourth-order valence-corrected chi connectivity index (χ4v) is 3.27. The van der Waals surface area contributed by atoms with Crippen LogP contribution in [0, 0.1) is 6.92 Å². The number of nitrogens with zero attached hydrogens (tertiary/aromatic N) is 3. The third-order valence-corrected chi connectivity index (χ3v) is 4.27. The van der Waals surface area contributed by atoms with Gasteiger partial charge in [-0.15, -0.1) is 11.3 Å². The van der Waals surface area contributed by atoms with Crippen molar-refractivity contribution in [3.8, 4) is 0 Å². The molecular formula is C8H11N5O2S2. The maximum atomic E-state index is 12.0. The molecule has 0 atom stereocenters. The maximum absolute atomic E-state index is 12.0. The van der Waals surface area contributed by atoms with E-state index in [1.807, 2.05) is 6.92 Å². The van der Waals surface area contributed by atoms with Crippen LogP contribution in [0.5, 0.6) is 0 Å². The van der Waals surface area contributed by atoms with Gasteiger partial charge in [-0.05, 0) is 6.92 Å². The molecule has 0 saturated heterocycles. The molecule has 0 aromatic carbocycles. The fraction of sp³-hybridized carbons (Fsp3) is 0.250. The number of hydrogen-bond acceptors (Lipinski definition) is 6. The average molecular weight is 273 g/mol. The van der Waals surface area contributed by atoms with Crippen molar-refractivity contribution in [2.45, 2.75) is 11.8 Å². The Morgan fingerprint density at radius 3 is 2.71 bits per heavy atom. The molecule has 9 heteroatoms. The van der Waals surface area contributed by atoms with Crippen LogP contribution in [0.2, 0.25) is 0 Å². The van der Waals surface area contributed by atoms with Crippen molar-refractivity contribution in [1.29, 1.82) is 0 Å². The molecule has 0 bridgehead atoms. The van der Waals surface area contributed by atoms with Crippen LogP contribution >= 0.6 is 11.3 Å². The van der Waals surface area contributed by atoms with E-state index in [0.29, 0.717) is 5.13 Å². The molecule has 17 heavy (non-hydrogen) atoms. The first-order valence-corrected chi connectivity index (χ1v) is 6.93. The molecular weight excluding hydrogens is 262 g/mol. The van der Waals surface area contributed by atoms with Crippen LogP contribution in [-0.4, -0.2) is 23.2 Å². The van der Waals surface area contributed by atoms with E-state index in [2.05, 4.69) is 14.8 Å². The Morgan fingerprint density at radius 2 is 2.24 bits per heavy atom. The van der Waals surface area contributed by atoms with E-state index in [-0.39, 0.29) is 10.7 Å². The fourth-order valence-electron chi connectivity index (χ4n) is 1.26. The van der Waals surface area contributed by atoms with Crippen LogP contribution in [0.25, 0.3) is 0 Å². The lowest BCUT2D eigenvalue weighted by Gasteiger charge is -2.02. The van der Waals surface area contributed by atoms with Crippen molar-refractivity contribution >= 4 is 32.3 Å². The van der Waals surface area contributed by atoms with Crippen molar-refractivity contribution in [2.75, 3.05) is 10.5 Å². The van der Waals surface area contributed by atoms with E-state index in [9.17, 15) is 8.42 Å². The standard InChI is InChI=1S/C8H11N5O2S2/c1-5-3-10-8(16-5)12-17(14,15)6-4-13(2)11-7(6)9/h3-4H,1-2H3,(H2,9,11)(H,10,12).